The van der Waals surface area contributed by atoms with Gasteiger partial charge in [0.05, 0.1) is 22.2 Å². The molecule has 2 heterocycles. The molecule has 158 valence electrons. The molecular formula is C18H16ClF3N6O2. The fraction of sp³-hybridized carbons (Fsp3) is 0.278. The highest BCUT2D eigenvalue weighted by Crippen LogP contribution is 2.33. The van der Waals surface area contributed by atoms with Gasteiger partial charge in [0.15, 0.2) is 0 Å². The maximum Gasteiger partial charge on any atom is 0.416 e. The molecule has 2 aromatic heterocycles. The van der Waals surface area contributed by atoms with E-state index < -0.39 is 22.4 Å². The van der Waals surface area contributed by atoms with Gasteiger partial charge in [0.25, 0.3) is 5.69 Å². The lowest BCUT2D eigenvalue weighted by atomic mass is 10.1. The van der Waals surface area contributed by atoms with Crippen molar-refractivity contribution in [2.24, 2.45) is 0 Å². The number of hydrogen-bond donors (Lipinski definition) is 1. The highest BCUT2D eigenvalue weighted by Gasteiger charge is 2.32. The van der Waals surface area contributed by atoms with Gasteiger partial charge in [0.2, 0.25) is 5.95 Å². The maximum atomic E-state index is 13.1. The summed E-state index contributed by atoms with van der Waals surface area (Å²) in [5.74, 6) is 0.832. The van der Waals surface area contributed by atoms with Crippen LogP contribution in [0.4, 0.5) is 30.6 Å². The summed E-state index contributed by atoms with van der Waals surface area (Å²) in [5, 5.41) is 14.9. The third-order valence-electron chi connectivity index (χ3n) is 4.16. The summed E-state index contributed by atoms with van der Waals surface area (Å²) >= 11 is 5.95. The van der Waals surface area contributed by atoms with E-state index in [1.807, 2.05) is 0 Å². The van der Waals surface area contributed by atoms with Gasteiger partial charge in [0.1, 0.15) is 11.0 Å². The summed E-state index contributed by atoms with van der Waals surface area (Å²) in [6.07, 6.45) is -3.08. The molecule has 0 saturated carbocycles. The number of pyridine rings is 1. The summed E-state index contributed by atoms with van der Waals surface area (Å²) in [6.45, 7) is 0.178. The number of alkyl halides is 3. The van der Waals surface area contributed by atoms with Gasteiger partial charge in [-0.05, 0) is 24.1 Å². The minimum atomic E-state index is -4.68. The molecule has 8 nitrogen and oxygen atoms in total. The van der Waals surface area contributed by atoms with E-state index in [2.05, 4.69) is 20.3 Å². The largest absolute Gasteiger partial charge is 0.416 e. The number of halogens is 4. The van der Waals surface area contributed by atoms with Crippen molar-refractivity contribution in [1.29, 1.82) is 0 Å². The molecule has 0 aliphatic carbocycles. The molecule has 0 bridgehead atoms. The molecule has 12 heteroatoms. The van der Waals surface area contributed by atoms with Crippen molar-refractivity contribution in [2.45, 2.75) is 12.6 Å². The number of aromatic nitrogens is 3. The van der Waals surface area contributed by atoms with Crippen molar-refractivity contribution in [1.82, 2.24) is 15.0 Å². The summed E-state index contributed by atoms with van der Waals surface area (Å²) in [5.41, 5.74) is -0.961. The standard InChI is InChI=1S/C18H16ClF3N6O2/c1-27(2)17-25-14-9-24-15(19)8-13(14)16(26-17)23-4-3-10-5-11(18(20,21)22)7-12(6-10)28(29)30/h5-9H,3-4H2,1-2H3,(H,23,25,26). The van der Waals surface area contributed by atoms with E-state index in [0.29, 0.717) is 28.7 Å². The lowest BCUT2D eigenvalue weighted by Crippen LogP contribution is -2.15. The van der Waals surface area contributed by atoms with Gasteiger partial charge in [0, 0.05) is 38.2 Å². The Morgan fingerprint density at radius 1 is 1.20 bits per heavy atom. The van der Waals surface area contributed by atoms with Crippen LogP contribution in [0.15, 0.2) is 30.5 Å². The molecule has 0 unspecified atom stereocenters. The Morgan fingerprint density at radius 2 is 1.93 bits per heavy atom. The van der Waals surface area contributed by atoms with Crippen LogP contribution < -0.4 is 10.2 Å². The van der Waals surface area contributed by atoms with E-state index in [1.54, 1.807) is 25.1 Å². The van der Waals surface area contributed by atoms with Gasteiger partial charge in [-0.3, -0.25) is 10.1 Å². The first-order valence-corrected chi connectivity index (χ1v) is 9.02. The quantitative estimate of drug-likeness (QED) is 0.346. The van der Waals surface area contributed by atoms with Gasteiger partial charge in [-0.15, -0.1) is 0 Å². The summed E-state index contributed by atoms with van der Waals surface area (Å²) < 4.78 is 39.2. The average Bonchev–Trinajstić information content (AvgIpc) is 2.67. The minimum absolute atomic E-state index is 0.104. The SMILES string of the molecule is CN(C)c1nc(NCCc2cc([N+](=O)[O-])cc(C(F)(F)F)c2)c2cc(Cl)ncc2n1. The average molecular weight is 441 g/mol. The van der Waals surface area contributed by atoms with Crippen LogP contribution in [-0.4, -0.2) is 40.5 Å². The molecule has 30 heavy (non-hydrogen) atoms. The minimum Gasteiger partial charge on any atom is -0.369 e. The second kappa shape index (κ2) is 8.27. The second-order valence-electron chi connectivity index (χ2n) is 6.61. The fourth-order valence-corrected chi connectivity index (χ4v) is 2.90. The first-order valence-electron chi connectivity index (χ1n) is 8.64. The third kappa shape index (κ3) is 4.85. The highest BCUT2D eigenvalue weighted by molar-refractivity contribution is 6.30. The molecular weight excluding hydrogens is 425 g/mol. The number of non-ortho nitro benzene ring substituents is 1. The van der Waals surface area contributed by atoms with E-state index in [9.17, 15) is 23.3 Å². The Morgan fingerprint density at radius 3 is 2.57 bits per heavy atom. The van der Waals surface area contributed by atoms with Crippen LogP contribution in [0.1, 0.15) is 11.1 Å². The third-order valence-corrected chi connectivity index (χ3v) is 4.37. The van der Waals surface area contributed by atoms with Crippen LogP contribution in [0.3, 0.4) is 0 Å². The number of nitro groups is 1. The number of fused-ring (bicyclic) bond motifs is 1. The topological polar surface area (TPSA) is 97.1 Å². The van der Waals surface area contributed by atoms with Gasteiger partial charge in [-0.25, -0.2) is 9.97 Å². The summed E-state index contributed by atoms with van der Waals surface area (Å²) in [4.78, 5) is 24.6. The zero-order valence-corrected chi connectivity index (χ0v) is 16.6. The van der Waals surface area contributed by atoms with Crippen molar-refractivity contribution >= 4 is 40.0 Å². The molecule has 0 fully saturated rings. The molecule has 0 aliphatic heterocycles. The molecule has 0 amide bonds. The summed E-state index contributed by atoms with van der Waals surface area (Å²) in [6, 6.07) is 4.13. The Hall–Kier alpha value is -3.21. The predicted octanol–water partition coefficient (Wildman–Crippen LogP) is 4.33. The van der Waals surface area contributed by atoms with Crippen LogP contribution in [0.2, 0.25) is 5.15 Å². The van der Waals surface area contributed by atoms with Crippen molar-refractivity contribution in [3.63, 3.8) is 0 Å². The van der Waals surface area contributed by atoms with Gasteiger partial charge in [-0.1, -0.05) is 11.6 Å². The normalized spacial score (nSPS) is 11.5. The van der Waals surface area contributed by atoms with E-state index in [0.717, 1.165) is 12.1 Å². The molecule has 0 spiro atoms. The number of benzene rings is 1. The van der Waals surface area contributed by atoms with Crippen LogP contribution in [-0.2, 0) is 12.6 Å². The lowest BCUT2D eigenvalue weighted by Gasteiger charge is -2.15. The van der Waals surface area contributed by atoms with E-state index in [1.165, 1.54) is 6.20 Å². The fourth-order valence-electron chi connectivity index (χ4n) is 2.74. The van der Waals surface area contributed by atoms with Crippen molar-refractivity contribution < 1.29 is 18.1 Å². The van der Waals surface area contributed by atoms with Crippen LogP contribution >= 0.6 is 11.6 Å². The van der Waals surface area contributed by atoms with E-state index >= 15 is 0 Å². The number of nitrogens with one attached hydrogen (secondary N) is 1. The van der Waals surface area contributed by atoms with Crippen molar-refractivity contribution in [2.75, 3.05) is 30.9 Å². The van der Waals surface area contributed by atoms with Gasteiger partial charge >= 0.3 is 6.18 Å². The molecule has 1 aromatic carbocycles. The molecule has 3 aromatic rings. The highest BCUT2D eigenvalue weighted by atomic mass is 35.5. The maximum absolute atomic E-state index is 13.1. The van der Waals surface area contributed by atoms with Gasteiger partial charge < -0.3 is 10.2 Å². The molecule has 3 rings (SSSR count). The molecule has 0 atom stereocenters. The predicted molar refractivity (Wildman–Crippen MR) is 107 cm³/mol. The molecule has 0 saturated heterocycles. The Balaban J connectivity index is 1.88. The first kappa shape index (κ1) is 21.5. The zero-order chi connectivity index (χ0) is 22.1. The number of rotatable bonds is 6. The van der Waals surface area contributed by atoms with Crippen molar-refractivity contribution in [3.05, 3.63) is 56.9 Å². The molecule has 1 N–H and O–H groups in total. The van der Waals surface area contributed by atoms with Crippen LogP contribution in [0, 0.1) is 10.1 Å². The van der Waals surface area contributed by atoms with E-state index in [4.69, 9.17) is 11.6 Å². The van der Waals surface area contributed by atoms with E-state index in [-0.39, 0.29) is 23.7 Å². The Labute approximate surface area is 173 Å². The summed E-state index contributed by atoms with van der Waals surface area (Å²) in [7, 11) is 3.52. The molecule has 0 radical (unpaired) electrons. The number of anilines is 2. The first-order chi connectivity index (χ1) is 14.0. The van der Waals surface area contributed by atoms with Crippen LogP contribution in [0.5, 0.6) is 0 Å². The van der Waals surface area contributed by atoms with Gasteiger partial charge in [-0.2, -0.15) is 18.2 Å². The molecule has 0 aliphatic rings. The monoisotopic (exact) mass is 440 g/mol. The number of hydrogen-bond acceptors (Lipinski definition) is 7. The van der Waals surface area contributed by atoms with Crippen LogP contribution in [0.25, 0.3) is 10.9 Å². The number of nitrogens with zero attached hydrogens (tertiary/aromatic N) is 5. The zero-order valence-electron chi connectivity index (χ0n) is 15.9. The number of nitro benzene ring substituents is 1. The Bertz CT molecular complexity index is 1110. The van der Waals surface area contributed by atoms with Crippen molar-refractivity contribution in [3.8, 4) is 0 Å². The lowest BCUT2D eigenvalue weighted by molar-refractivity contribution is -0.385. The Kier molecular flexibility index (Phi) is 5.92. The smallest absolute Gasteiger partial charge is 0.369 e. The second-order valence-corrected chi connectivity index (χ2v) is 7.00.